The van der Waals surface area contributed by atoms with Crippen molar-refractivity contribution in [2.75, 3.05) is 30.3 Å². The van der Waals surface area contributed by atoms with Crippen LogP contribution >= 0.6 is 22.6 Å². The second kappa shape index (κ2) is 5.34. The van der Waals surface area contributed by atoms with Gasteiger partial charge >= 0.3 is 0 Å². The van der Waals surface area contributed by atoms with Crippen LogP contribution in [0.15, 0.2) is 18.2 Å². The number of anilines is 1. The molecule has 4 nitrogen and oxygen atoms in total. The number of hydrogen-bond acceptors (Lipinski definition) is 3. The predicted octanol–water partition coefficient (Wildman–Crippen LogP) is 1.08. The smallest absolute Gasteiger partial charge is 0.253 e. The van der Waals surface area contributed by atoms with E-state index in [-0.39, 0.29) is 5.91 Å². The summed E-state index contributed by atoms with van der Waals surface area (Å²) in [5, 5.41) is 0. The lowest BCUT2D eigenvalue weighted by molar-refractivity contribution is 0.0771. The number of carbonyl (C=O) groups is 1. The van der Waals surface area contributed by atoms with Crippen molar-refractivity contribution in [3.05, 3.63) is 27.3 Å². The van der Waals surface area contributed by atoms with Crippen LogP contribution in [0.25, 0.3) is 0 Å². The summed E-state index contributed by atoms with van der Waals surface area (Å²) >= 11 is 2.11. The van der Waals surface area contributed by atoms with E-state index in [1.807, 2.05) is 0 Å². The van der Waals surface area contributed by atoms with Crippen molar-refractivity contribution < 1.29 is 9.00 Å². The molecule has 0 saturated carbocycles. The largest absolute Gasteiger partial charge is 0.398 e. The number of halogens is 1. The average Bonchev–Trinajstić information content (AvgIpc) is 2.33. The van der Waals surface area contributed by atoms with Gasteiger partial charge in [-0.15, -0.1) is 0 Å². The van der Waals surface area contributed by atoms with Crippen molar-refractivity contribution in [2.24, 2.45) is 0 Å². The number of carbonyl (C=O) groups excluding carboxylic acids is 1. The fraction of sp³-hybridized carbons (Fsp3) is 0.364. The second-order valence-corrected chi connectivity index (χ2v) is 6.73. The average molecular weight is 364 g/mol. The van der Waals surface area contributed by atoms with Crippen LogP contribution in [-0.4, -0.2) is 39.6 Å². The van der Waals surface area contributed by atoms with Crippen molar-refractivity contribution in [1.82, 2.24) is 4.90 Å². The third kappa shape index (κ3) is 2.98. The first-order chi connectivity index (χ1) is 8.08. The SMILES string of the molecule is Nc1ccc(C(=O)N2CCS(=O)CC2)cc1I. The first-order valence-electron chi connectivity index (χ1n) is 5.27. The number of rotatable bonds is 1. The quantitative estimate of drug-likeness (QED) is 0.599. The minimum Gasteiger partial charge on any atom is -0.398 e. The van der Waals surface area contributed by atoms with Crippen molar-refractivity contribution >= 4 is 45.0 Å². The highest BCUT2D eigenvalue weighted by molar-refractivity contribution is 14.1. The molecule has 6 heteroatoms. The van der Waals surface area contributed by atoms with E-state index in [9.17, 15) is 9.00 Å². The Bertz CT molecular complexity index is 469. The summed E-state index contributed by atoms with van der Waals surface area (Å²) in [6.07, 6.45) is 0. The molecule has 1 aromatic carbocycles. The van der Waals surface area contributed by atoms with Gasteiger partial charge in [0, 0.05) is 50.2 Å². The Morgan fingerprint density at radius 2 is 2.00 bits per heavy atom. The summed E-state index contributed by atoms with van der Waals surface area (Å²) in [7, 11) is -0.757. The molecule has 1 heterocycles. The van der Waals surface area contributed by atoms with Crippen LogP contribution in [0, 0.1) is 3.57 Å². The second-order valence-electron chi connectivity index (χ2n) is 3.88. The summed E-state index contributed by atoms with van der Waals surface area (Å²) in [5.74, 6) is 1.16. The third-order valence-corrected chi connectivity index (χ3v) is 4.92. The van der Waals surface area contributed by atoms with Crippen molar-refractivity contribution in [3.63, 3.8) is 0 Å². The Hall–Kier alpha value is -0.630. The maximum atomic E-state index is 12.2. The van der Waals surface area contributed by atoms with Crippen molar-refractivity contribution in [1.29, 1.82) is 0 Å². The molecule has 0 radical (unpaired) electrons. The lowest BCUT2D eigenvalue weighted by Crippen LogP contribution is -2.41. The minimum atomic E-state index is -0.757. The predicted molar refractivity (Wildman–Crippen MR) is 77.4 cm³/mol. The number of amides is 1. The van der Waals surface area contributed by atoms with E-state index < -0.39 is 10.8 Å². The molecule has 1 fully saturated rings. The molecule has 1 amide bonds. The van der Waals surface area contributed by atoms with Crippen LogP contribution in [0.3, 0.4) is 0 Å². The highest BCUT2D eigenvalue weighted by atomic mass is 127. The van der Waals surface area contributed by atoms with Gasteiger partial charge < -0.3 is 10.6 Å². The number of nitrogens with zero attached hydrogens (tertiary/aromatic N) is 1. The molecule has 1 aromatic rings. The number of nitrogen functional groups attached to an aromatic ring is 1. The van der Waals surface area contributed by atoms with Crippen molar-refractivity contribution in [3.8, 4) is 0 Å². The number of benzene rings is 1. The van der Waals surface area contributed by atoms with Gasteiger partial charge in [-0.25, -0.2) is 0 Å². The van der Waals surface area contributed by atoms with Gasteiger partial charge in [0.15, 0.2) is 0 Å². The van der Waals surface area contributed by atoms with E-state index in [1.54, 1.807) is 23.1 Å². The fourth-order valence-corrected chi connectivity index (χ4v) is 3.25. The van der Waals surface area contributed by atoms with Gasteiger partial charge in [0.25, 0.3) is 5.91 Å². The van der Waals surface area contributed by atoms with E-state index in [1.165, 1.54) is 0 Å². The lowest BCUT2D eigenvalue weighted by atomic mass is 10.2. The first-order valence-corrected chi connectivity index (χ1v) is 7.84. The molecule has 17 heavy (non-hydrogen) atoms. The summed E-state index contributed by atoms with van der Waals surface area (Å²) in [5.41, 5.74) is 7.04. The van der Waals surface area contributed by atoms with Gasteiger partial charge in [-0.05, 0) is 40.8 Å². The Labute approximate surface area is 116 Å². The molecule has 0 bridgehead atoms. The molecule has 0 spiro atoms. The summed E-state index contributed by atoms with van der Waals surface area (Å²) in [4.78, 5) is 13.9. The van der Waals surface area contributed by atoms with Gasteiger partial charge in [-0.2, -0.15) is 0 Å². The van der Waals surface area contributed by atoms with Crippen molar-refractivity contribution in [2.45, 2.75) is 0 Å². The zero-order valence-corrected chi connectivity index (χ0v) is 12.2. The van der Waals surface area contributed by atoms with Gasteiger partial charge in [0.1, 0.15) is 0 Å². The first kappa shape index (κ1) is 12.8. The van der Waals surface area contributed by atoms with Crippen LogP contribution in [0.1, 0.15) is 10.4 Å². The standard InChI is InChI=1S/C11H13IN2O2S/c12-9-7-8(1-2-10(9)13)11(15)14-3-5-17(16)6-4-14/h1-2,7H,3-6,13H2. The highest BCUT2D eigenvalue weighted by Crippen LogP contribution is 2.18. The van der Waals surface area contributed by atoms with E-state index in [0.717, 1.165) is 3.57 Å². The van der Waals surface area contributed by atoms with E-state index in [0.29, 0.717) is 35.8 Å². The molecule has 1 aliphatic heterocycles. The topological polar surface area (TPSA) is 63.4 Å². The zero-order chi connectivity index (χ0) is 12.4. The van der Waals surface area contributed by atoms with Crippen LogP contribution < -0.4 is 5.73 Å². The molecule has 0 aromatic heterocycles. The molecule has 0 unspecified atom stereocenters. The molecular formula is C11H13IN2O2S. The van der Waals surface area contributed by atoms with Gasteiger partial charge in [0.2, 0.25) is 0 Å². The maximum Gasteiger partial charge on any atom is 0.253 e. The Morgan fingerprint density at radius 1 is 1.35 bits per heavy atom. The number of nitrogens with two attached hydrogens (primary N) is 1. The molecule has 2 rings (SSSR count). The number of hydrogen-bond donors (Lipinski definition) is 1. The third-order valence-electron chi connectivity index (χ3n) is 2.71. The summed E-state index contributed by atoms with van der Waals surface area (Å²) < 4.78 is 12.1. The summed E-state index contributed by atoms with van der Waals surface area (Å²) in [6.45, 7) is 1.15. The highest BCUT2D eigenvalue weighted by Gasteiger charge is 2.21. The monoisotopic (exact) mass is 364 g/mol. The minimum absolute atomic E-state index is 0.000356. The molecule has 92 valence electrons. The molecular weight excluding hydrogens is 351 g/mol. The van der Waals surface area contributed by atoms with Gasteiger partial charge in [0.05, 0.1) is 0 Å². The van der Waals surface area contributed by atoms with Crippen LogP contribution in [0.4, 0.5) is 5.69 Å². The normalized spacial score (nSPS) is 17.1. The van der Waals surface area contributed by atoms with E-state index in [2.05, 4.69) is 22.6 Å². The molecule has 1 saturated heterocycles. The molecule has 0 aliphatic carbocycles. The Balaban J connectivity index is 2.14. The van der Waals surface area contributed by atoms with Gasteiger partial charge in [-0.3, -0.25) is 9.00 Å². The zero-order valence-electron chi connectivity index (χ0n) is 9.19. The van der Waals surface area contributed by atoms with E-state index in [4.69, 9.17) is 5.73 Å². The van der Waals surface area contributed by atoms with E-state index >= 15 is 0 Å². The van der Waals surface area contributed by atoms with Gasteiger partial charge in [-0.1, -0.05) is 0 Å². The summed E-state index contributed by atoms with van der Waals surface area (Å²) in [6, 6.07) is 5.28. The van der Waals surface area contributed by atoms with Crippen LogP contribution in [-0.2, 0) is 10.8 Å². The Kier molecular flexibility index (Phi) is 4.03. The molecule has 1 aliphatic rings. The van der Waals surface area contributed by atoms with Crippen LogP contribution in [0.2, 0.25) is 0 Å². The molecule has 2 N–H and O–H groups in total. The molecule has 0 atom stereocenters. The Morgan fingerprint density at radius 3 is 2.59 bits per heavy atom. The lowest BCUT2D eigenvalue weighted by Gasteiger charge is -2.26. The fourth-order valence-electron chi connectivity index (χ4n) is 1.68. The maximum absolute atomic E-state index is 12.2. The van der Waals surface area contributed by atoms with Crippen LogP contribution in [0.5, 0.6) is 0 Å².